The molecular formula is C12H14BrFN2O3. The summed E-state index contributed by atoms with van der Waals surface area (Å²) >= 11 is 3.09. The molecule has 0 bridgehead atoms. The molecule has 1 aliphatic rings. The molecule has 2 rings (SSSR count). The van der Waals surface area contributed by atoms with Crippen LogP contribution in [0.25, 0.3) is 0 Å². The minimum absolute atomic E-state index is 0.0511. The van der Waals surface area contributed by atoms with Crippen LogP contribution in [0.2, 0.25) is 0 Å². The predicted octanol–water partition coefficient (Wildman–Crippen LogP) is 2.24. The fourth-order valence-corrected chi connectivity index (χ4v) is 2.38. The van der Waals surface area contributed by atoms with Gasteiger partial charge in [0.1, 0.15) is 6.10 Å². The van der Waals surface area contributed by atoms with E-state index in [1.807, 2.05) is 0 Å². The van der Waals surface area contributed by atoms with Gasteiger partial charge in [0.15, 0.2) is 17.4 Å². The SMILES string of the molecule is N/C(=N/O)c1ccc(OC2CCOCC2)c(F)c1Br. The van der Waals surface area contributed by atoms with Crippen molar-refractivity contribution in [1.82, 2.24) is 0 Å². The molecule has 0 saturated carbocycles. The van der Waals surface area contributed by atoms with E-state index < -0.39 is 5.82 Å². The highest BCUT2D eigenvalue weighted by molar-refractivity contribution is 9.10. The Morgan fingerprint density at radius 2 is 2.16 bits per heavy atom. The van der Waals surface area contributed by atoms with Crippen molar-refractivity contribution in [2.75, 3.05) is 13.2 Å². The third-order valence-electron chi connectivity index (χ3n) is 2.89. The maximum Gasteiger partial charge on any atom is 0.179 e. The van der Waals surface area contributed by atoms with Crippen LogP contribution in [0.3, 0.4) is 0 Å². The maximum atomic E-state index is 14.1. The van der Waals surface area contributed by atoms with Crippen LogP contribution in [0, 0.1) is 5.82 Å². The molecule has 0 aromatic heterocycles. The van der Waals surface area contributed by atoms with Crippen molar-refractivity contribution in [2.45, 2.75) is 18.9 Å². The molecule has 0 spiro atoms. The highest BCUT2D eigenvalue weighted by Crippen LogP contribution is 2.30. The number of halogens is 2. The standard InChI is InChI=1S/C12H14BrFN2O3/c13-10-8(12(15)16-17)1-2-9(11(10)14)19-7-3-5-18-6-4-7/h1-2,7,17H,3-6H2,(H2,15,16). The molecule has 1 aromatic carbocycles. The van der Waals surface area contributed by atoms with Crippen molar-refractivity contribution in [3.63, 3.8) is 0 Å². The molecule has 0 unspecified atom stereocenters. The second-order valence-corrected chi connectivity index (χ2v) is 4.95. The normalized spacial score (nSPS) is 17.5. The van der Waals surface area contributed by atoms with Gasteiger partial charge in [0.05, 0.1) is 17.7 Å². The number of rotatable bonds is 3. The van der Waals surface area contributed by atoms with Crippen LogP contribution in [0.1, 0.15) is 18.4 Å². The van der Waals surface area contributed by atoms with E-state index in [2.05, 4.69) is 21.1 Å². The van der Waals surface area contributed by atoms with Crippen LogP contribution in [0.15, 0.2) is 21.8 Å². The molecule has 3 N–H and O–H groups in total. The van der Waals surface area contributed by atoms with Crippen molar-refractivity contribution in [3.8, 4) is 5.75 Å². The number of oxime groups is 1. The number of hydrogen-bond acceptors (Lipinski definition) is 4. The van der Waals surface area contributed by atoms with Crippen LogP contribution < -0.4 is 10.5 Å². The Kier molecular flexibility index (Phi) is 4.60. The Bertz CT molecular complexity index is 490. The Hall–Kier alpha value is -1.34. The predicted molar refractivity (Wildman–Crippen MR) is 71.1 cm³/mol. The van der Waals surface area contributed by atoms with Crippen LogP contribution in [0.4, 0.5) is 4.39 Å². The van der Waals surface area contributed by atoms with E-state index in [1.165, 1.54) is 12.1 Å². The average molecular weight is 333 g/mol. The van der Waals surface area contributed by atoms with Crippen LogP contribution in [-0.2, 0) is 4.74 Å². The number of ether oxygens (including phenoxy) is 2. The first-order chi connectivity index (χ1) is 9.13. The van der Waals surface area contributed by atoms with Gasteiger partial charge >= 0.3 is 0 Å². The van der Waals surface area contributed by atoms with E-state index in [-0.39, 0.29) is 27.7 Å². The average Bonchev–Trinajstić information content (AvgIpc) is 2.44. The number of nitrogens with zero attached hydrogens (tertiary/aromatic N) is 1. The lowest BCUT2D eigenvalue weighted by Gasteiger charge is -2.23. The lowest BCUT2D eigenvalue weighted by Crippen LogP contribution is -2.26. The van der Waals surface area contributed by atoms with Crippen molar-refractivity contribution in [3.05, 3.63) is 28.0 Å². The van der Waals surface area contributed by atoms with Crippen LogP contribution >= 0.6 is 15.9 Å². The molecule has 5 nitrogen and oxygen atoms in total. The Morgan fingerprint density at radius 1 is 1.47 bits per heavy atom. The second kappa shape index (κ2) is 6.21. The molecule has 0 aliphatic carbocycles. The summed E-state index contributed by atoms with van der Waals surface area (Å²) in [5, 5.41) is 11.5. The second-order valence-electron chi connectivity index (χ2n) is 4.15. The zero-order valence-electron chi connectivity index (χ0n) is 10.1. The zero-order valence-corrected chi connectivity index (χ0v) is 11.7. The summed E-state index contributed by atoms with van der Waals surface area (Å²) in [6.45, 7) is 1.24. The molecule has 104 valence electrons. The zero-order chi connectivity index (χ0) is 13.8. The van der Waals surface area contributed by atoms with Crippen molar-refractivity contribution in [1.29, 1.82) is 0 Å². The third kappa shape index (κ3) is 3.16. The first-order valence-electron chi connectivity index (χ1n) is 5.83. The van der Waals surface area contributed by atoms with Crippen molar-refractivity contribution >= 4 is 21.8 Å². The quantitative estimate of drug-likeness (QED) is 0.385. The summed E-state index contributed by atoms with van der Waals surface area (Å²) in [6, 6.07) is 3.01. The van der Waals surface area contributed by atoms with Gasteiger partial charge in [-0.15, -0.1) is 0 Å². The number of hydrogen-bond donors (Lipinski definition) is 2. The first-order valence-corrected chi connectivity index (χ1v) is 6.63. The van der Waals surface area contributed by atoms with Crippen LogP contribution in [-0.4, -0.2) is 30.4 Å². The number of amidine groups is 1. The molecule has 1 aliphatic heterocycles. The maximum absolute atomic E-state index is 14.1. The van der Waals surface area contributed by atoms with Gasteiger partial charge < -0.3 is 20.4 Å². The monoisotopic (exact) mass is 332 g/mol. The summed E-state index contributed by atoms with van der Waals surface area (Å²) in [6.07, 6.45) is 1.42. The van der Waals surface area contributed by atoms with E-state index in [1.54, 1.807) is 0 Å². The lowest BCUT2D eigenvalue weighted by atomic mass is 10.1. The van der Waals surface area contributed by atoms with Gasteiger partial charge in [-0.3, -0.25) is 0 Å². The summed E-state index contributed by atoms with van der Waals surface area (Å²) < 4.78 is 25.1. The minimum atomic E-state index is -0.560. The van der Waals surface area contributed by atoms with Gasteiger partial charge in [0.25, 0.3) is 0 Å². The molecule has 1 heterocycles. The lowest BCUT2D eigenvalue weighted by molar-refractivity contribution is 0.0240. The van der Waals surface area contributed by atoms with E-state index in [4.69, 9.17) is 20.4 Å². The number of benzene rings is 1. The van der Waals surface area contributed by atoms with Crippen molar-refractivity contribution < 1.29 is 19.1 Å². The Labute approximate surface area is 118 Å². The van der Waals surface area contributed by atoms with Gasteiger partial charge in [-0.25, -0.2) is 4.39 Å². The Morgan fingerprint density at radius 3 is 2.79 bits per heavy atom. The molecule has 0 amide bonds. The van der Waals surface area contributed by atoms with Crippen molar-refractivity contribution in [2.24, 2.45) is 10.9 Å². The topological polar surface area (TPSA) is 77.1 Å². The molecule has 1 fully saturated rings. The van der Waals surface area contributed by atoms with Gasteiger partial charge in [0.2, 0.25) is 0 Å². The molecule has 0 atom stereocenters. The third-order valence-corrected chi connectivity index (χ3v) is 3.67. The minimum Gasteiger partial charge on any atom is -0.487 e. The van der Waals surface area contributed by atoms with Gasteiger partial charge in [-0.1, -0.05) is 5.16 Å². The molecule has 19 heavy (non-hydrogen) atoms. The van der Waals surface area contributed by atoms with Gasteiger partial charge in [-0.05, 0) is 28.1 Å². The summed E-state index contributed by atoms with van der Waals surface area (Å²) in [5.74, 6) is -0.577. The fraction of sp³-hybridized carbons (Fsp3) is 0.417. The summed E-state index contributed by atoms with van der Waals surface area (Å²) in [5.41, 5.74) is 5.72. The summed E-state index contributed by atoms with van der Waals surface area (Å²) in [4.78, 5) is 0. The molecule has 1 aromatic rings. The van der Waals surface area contributed by atoms with E-state index in [9.17, 15) is 4.39 Å². The first kappa shape index (κ1) is 14.1. The molecular weight excluding hydrogens is 319 g/mol. The fourth-order valence-electron chi connectivity index (χ4n) is 1.85. The van der Waals surface area contributed by atoms with Crippen LogP contribution in [0.5, 0.6) is 5.75 Å². The highest BCUT2D eigenvalue weighted by atomic mass is 79.9. The van der Waals surface area contributed by atoms with E-state index in [0.717, 1.165) is 12.8 Å². The number of nitrogens with two attached hydrogens (primary N) is 1. The highest BCUT2D eigenvalue weighted by Gasteiger charge is 2.20. The van der Waals surface area contributed by atoms with Gasteiger partial charge in [0, 0.05) is 18.4 Å². The van der Waals surface area contributed by atoms with Gasteiger partial charge in [-0.2, -0.15) is 0 Å². The summed E-state index contributed by atoms with van der Waals surface area (Å²) in [7, 11) is 0. The Balaban J connectivity index is 2.20. The largest absolute Gasteiger partial charge is 0.487 e. The van der Waals surface area contributed by atoms with E-state index >= 15 is 0 Å². The van der Waals surface area contributed by atoms with E-state index in [0.29, 0.717) is 13.2 Å². The smallest absolute Gasteiger partial charge is 0.179 e. The molecule has 7 heteroatoms. The molecule has 0 radical (unpaired) electrons. The molecule has 1 saturated heterocycles.